The van der Waals surface area contributed by atoms with Crippen LogP contribution in [0.4, 0.5) is 10.3 Å². The van der Waals surface area contributed by atoms with Gasteiger partial charge in [-0.1, -0.05) is 0 Å². The van der Waals surface area contributed by atoms with Gasteiger partial charge in [0.05, 0.1) is 13.3 Å². The van der Waals surface area contributed by atoms with E-state index in [1.165, 1.54) is 0 Å². The first-order valence-electron chi connectivity index (χ1n) is 5.51. The van der Waals surface area contributed by atoms with Crippen LogP contribution in [0.3, 0.4) is 0 Å². The fraction of sp³-hybridized carbons (Fsp3) is 0.231. The monoisotopic (exact) mass is 247 g/mol. The van der Waals surface area contributed by atoms with Gasteiger partial charge in [0.1, 0.15) is 11.4 Å². The quantitative estimate of drug-likeness (QED) is 0.905. The largest absolute Gasteiger partial charge is 0.497 e. The number of anilines is 1. The first kappa shape index (κ1) is 12.3. The summed E-state index contributed by atoms with van der Waals surface area (Å²) in [4.78, 5) is 7.96. The molecule has 0 aliphatic rings. The maximum Gasteiger partial charge on any atom is 0.223 e. The molecule has 2 aromatic rings. The first-order valence-corrected chi connectivity index (χ1v) is 5.51. The van der Waals surface area contributed by atoms with Crippen molar-refractivity contribution in [3.63, 3.8) is 0 Å². The number of nitrogens with one attached hydrogen (secondary N) is 1. The Bertz CT molecular complexity index is 572. The van der Waals surface area contributed by atoms with E-state index in [0.717, 1.165) is 23.1 Å². The van der Waals surface area contributed by atoms with Crippen molar-refractivity contribution < 1.29 is 9.13 Å². The maximum atomic E-state index is 13.8. The molecule has 5 heteroatoms. The molecule has 0 aliphatic carbocycles. The highest BCUT2D eigenvalue weighted by Gasteiger charge is 2.11. The molecule has 0 spiro atoms. The van der Waals surface area contributed by atoms with E-state index in [0.29, 0.717) is 5.95 Å². The Kier molecular flexibility index (Phi) is 3.41. The minimum atomic E-state index is -0.442. The van der Waals surface area contributed by atoms with Gasteiger partial charge in [-0.3, -0.25) is 0 Å². The van der Waals surface area contributed by atoms with Crippen LogP contribution in [0.15, 0.2) is 24.4 Å². The number of ether oxygens (including phenoxy) is 1. The summed E-state index contributed by atoms with van der Waals surface area (Å²) in [5, 5.41) is 2.79. The zero-order valence-corrected chi connectivity index (χ0v) is 10.5. The Morgan fingerprint density at radius 2 is 2.11 bits per heavy atom. The van der Waals surface area contributed by atoms with Gasteiger partial charge in [0.15, 0.2) is 5.82 Å². The molecule has 1 aromatic carbocycles. The van der Waals surface area contributed by atoms with E-state index in [4.69, 9.17) is 4.74 Å². The van der Waals surface area contributed by atoms with E-state index in [1.54, 1.807) is 26.3 Å². The van der Waals surface area contributed by atoms with Gasteiger partial charge in [0, 0.05) is 12.6 Å². The zero-order chi connectivity index (χ0) is 13.1. The molecule has 1 N–H and O–H groups in total. The molecule has 0 aliphatic heterocycles. The Labute approximate surface area is 105 Å². The van der Waals surface area contributed by atoms with E-state index < -0.39 is 5.82 Å². The highest BCUT2D eigenvalue weighted by atomic mass is 19.1. The van der Waals surface area contributed by atoms with Gasteiger partial charge in [0.2, 0.25) is 5.95 Å². The SMILES string of the molecule is CNc1ncc(F)c(-c2ccc(OC)cc2C)n1. The van der Waals surface area contributed by atoms with Crippen molar-refractivity contribution in [3.05, 3.63) is 35.8 Å². The molecule has 18 heavy (non-hydrogen) atoms. The molecular weight excluding hydrogens is 233 g/mol. The molecule has 1 heterocycles. The summed E-state index contributed by atoms with van der Waals surface area (Å²) in [6, 6.07) is 5.41. The second kappa shape index (κ2) is 5.00. The normalized spacial score (nSPS) is 10.2. The number of halogens is 1. The van der Waals surface area contributed by atoms with E-state index in [-0.39, 0.29) is 5.69 Å². The predicted molar refractivity (Wildman–Crippen MR) is 68.3 cm³/mol. The predicted octanol–water partition coefficient (Wildman–Crippen LogP) is 2.64. The fourth-order valence-electron chi connectivity index (χ4n) is 1.71. The second-order valence-corrected chi connectivity index (χ2v) is 3.82. The molecule has 2 rings (SSSR count). The van der Waals surface area contributed by atoms with Gasteiger partial charge in [-0.15, -0.1) is 0 Å². The minimum absolute atomic E-state index is 0.287. The standard InChI is InChI=1S/C13H14FN3O/c1-8-6-9(18-3)4-5-10(8)12-11(14)7-16-13(15-2)17-12/h4-7H,1-3H3,(H,15,16,17). The topological polar surface area (TPSA) is 47.0 Å². The van der Waals surface area contributed by atoms with Crippen LogP contribution >= 0.6 is 0 Å². The number of nitrogens with zero attached hydrogens (tertiary/aromatic N) is 2. The molecule has 0 amide bonds. The van der Waals surface area contributed by atoms with Crippen molar-refractivity contribution in [2.75, 3.05) is 19.5 Å². The van der Waals surface area contributed by atoms with Crippen molar-refractivity contribution in [2.45, 2.75) is 6.92 Å². The number of methoxy groups -OCH3 is 1. The van der Waals surface area contributed by atoms with Crippen molar-refractivity contribution in [3.8, 4) is 17.0 Å². The molecule has 0 bridgehead atoms. The summed E-state index contributed by atoms with van der Waals surface area (Å²) in [7, 11) is 3.29. The Morgan fingerprint density at radius 3 is 2.72 bits per heavy atom. The Morgan fingerprint density at radius 1 is 1.33 bits per heavy atom. The zero-order valence-electron chi connectivity index (χ0n) is 10.5. The highest BCUT2D eigenvalue weighted by Crippen LogP contribution is 2.27. The third-order valence-electron chi connectivity index (χ3n) is 2.66. The Balaban J connectivity index is 2.54. The van der Waals surface area contributed by atoms with E-state index in [2.05, 4.69) is 15.3 Å². The molecular formula is C13H14FN3O. The molecule has 0 unspecified atom stereocenters. The molecule has 0 fully saturated rings. The average molecular weight is 247 g/mol. The average Bonchev–Trinajstić information content (AvgIpc) is 2.39. The first-order chi connectivity index (χ1) is 8.65. The number of rotatable bonds is 3. The van der Waals surface area contributed by atoms with Crippen LogP contribution in [-0.2, 0) is 0 Å². The van der Waals surface area contributed by atoms with Crippen molar-refractivity contribution in [1.82, 2.24) is 9.97 Å². The molecule has 94 valence electrons. The van der Waals surface area contributed by atoms with Crippen LogP contribution in [0, 0.1) is 12.7 Å². The molecule has 0 radical (unpaired) electrons. The lowest BCUT2D eigenvalue weighted by atomic mass is 10.0. The van der Waals surface area contributed by atoms with Crippen LogP contribution < -0.4 is 10.1 Å². The summed E-state index contributed by atoms with van der Waals surface area (Å²) >= 11 is 0. The summed E-state index contributed by atoms with van der Waals surface area (Å²) in [6.45, 7) is 1.89. The van der Waals surface area contributed by atoms with Crippen molar-refractivity contribution in [1.29, 1.82) is 0 Å². The highest BCUT2D eigenvalue weighted by molar-refractivity contribution is 5.65. The summed E-state index contributed by atoms with van der Waals surface area (Å²) in [6.07, 6.45) is 1.16. The lowest BCUT2D eigenvalue weighted by Gasteiger charge is -2.09. The number of aromatic nitrogens is 2. The molecule has 0 saturated heterocycles. The smallest absolute Gasteiger partial charge is 0.223 e. The van der Waals surface area contributed by atoms with Gasteiger partial charge >= 0.3 is 0 Å². The van der Waals surface area contributed by atoms with Gasteiger partial charge in [-0.2, -0.15) is 0 Å². The fourth-order valence-corrected chi connectivity index (χ4v) is 1.71. The van der Waals surface area contributed by atoms with Gasteiger partial charge in [-0.05, 0) is 30.7 Å². The van der Waals surface area contributed by atoms with Gasteiger partial charge in [-0.25, -0.2) is 14.4 Å². The van der Waals surface area contributed by atoms with Crippen molar-refractivity contribution >= 4 is 5.95 Å². The number of benzene rings is 1. The van der Waals surface area contributed by atoms with Crippen LogP contribution in [-0.4, -0.2) is 24.1 Å². The molecule has 0 atom stereocenters. The number of aryl methyl sites for hydroxylation is 1. The number of hydrogen-bond donors (Lipinski definition) is 1. The summed E-state index contributed by atoms with van der Waals surface area (Å²) in [5.74, 6) is 0.684. The van der Waals surface area contributed by atoms with Gasteiger partial charge < -0.3 is 10.1 Å². The van der Waals surface area contributed by atoms with E-state index in [9.17, 15) is 4.39 Å². The van der Waals surface area contributed by atoms with Crippen LogP contribution in [0.25, 0.3) is 11.3 Å². The van der Waals surface area contributed by atoms with Crippen LogP contribution in [0.5, 0.6) is 5.75 Å². The van der Waals surface area contributed by atoms with E-state index in [1.807, 2.05) is 13.0 Å². The third-order valence-corrected chi connectivity index (χ3v) is 2.66. The lowest BCUT2D eigenvalue weighted by Crippen LogP contribution is -2.00. The third kappa shape index (κ3) is 2.25. The van der Waals surface area contributed by atoms with E-state index >= 15 is 0 Å². The van der Waals surface area contributed by atoms with Crippen LogP contribution in [0.1, 0.15) is 5.56 Å². The molecule has 0 saturated carbocycles. The maximum absolute atomic E-state index is 13.8. The second-order valence-electron chi connectivity index (χ2n) is 3.82. The van der Waals surface area contributed by atoms with Crippen molar-refractivity contribution in [2.24, 2.45) is 0 Å². The van der Waals surface area contributed by atoms with Crippen LogP contribution in [0.2, 0.25) is 0 Å². The summed E-state index contributed by atoms with van der Waals surface area (Å²) in [5.41, 5.74) is 1.91. The number of hydrogen-bond acceptors (Lipinski definition) is 4. The minimum Gasteiger partial charge on any atom is -0.497 e. The molecule has 1 aromatic heterocycles. The molecule has 4 nitrogen and oxygen atoms in total. The van der Waals surface area contributed by atoms with Gasteiger partial charge in [0.25, 0.3) is 0 Å². The lowest BCUT2D eigenvalue weighted by molar-refractivity contribution is 0.414. The Hall–Kier alpha value is -2.17. The summed E-state index contributed by atoms with van der Waals surface area (Å²) < 4.78 is 18.9.